The highest BCUT2D eigenvalue weighted by atomic mass is 19.1. The van der Waals surface area contributed by atoms with Crippen LogP contribution in [0.2, 0.25) is 0 Å². The highest BCUT2D eigenvalue weighted by molar-refractivity contribution is 5.67. The fourth-order valence-electron chi connectivity index (χ4n) is 2.08. The van der Waals surface area contributed by atoms with Crippen molar-refractivity contribution < 1.29 is 13.5 Å². The first kappa shape index (κ1) is 15.8. The van der Waals surface area contributed by atoms with E-state index in [9.17, 15) is 8.78 Å². The van der Waals surface area contributed by atoms with Crippen molar-refractivity contribution in [2.45, 2.75) is 6.61 Å². The first-order valence-electron chi connectivity index (χ1n) is 7.34. The number of hydrogen-bond donors (Lipinski definition) is 0. The van der Waals surface area contributed by atoms with E-state index >= 15 is 0 Å². The molecule has 3 nitrogen and oxygen atoms in total. The molecule has 0 unspecified atom stereocenters. The number of hydrogen-bond acceptors (Lipinski definition) is 3. The molecule has 3 rings (SSSR count). The lowest BCUT2D eigenvalue weighted by Crippen LogP contribution is -1.98. The zero-order chi connectivity index (χ0) is 16.8. The Morgan fingerprint density at radius 3 is 2.25 bits per heavy atom. The molecule has 0 N–H and O–H groups in total. The third kappa shape index (κ3) is 4.46. The predicted octanol–water partition coefficient (Wildman–Crippen LogP) is 4.50. The summed E-state index contributed by atoms with van der Waals surface area (Å²) in [6.45, 7) is 0.410. The van der Waals surface area contributed by atoms with E-state index in [4.69, 9.17) is 4.74 Å². The number of benzene rings is 2. The molecule has 0 aliphatic carbocycles. The van der Waals surface area contributed by atoms with Gasteiger partial charge in [0.2, 0.25) is 5.88 Å². The fourth-order valence-corrected chi connectivity index (χ4v) is 2.08. The Kier molecular flexibility index (Phi) is 4.91. The average molecular weight is 324 g/mol. The third-order valence-electron chi connectivity index (χ3n) is 3.22. The molecule has 0 fully saturated rings. The van der Waals surface area contributed by atoms with Crippen molar-refractivity contribution in [2.75, 3.05) is 0 Å². The summed E-state index contributed by atoms with van der Waals surface area (Å²) in [4.78, 5) is 0. The lowest BCUT2D eigenvalue weighted by atomic mass is 10.2. The van der Waals surface area contributed by atoms with Crippen molar-refractivity contribution in [3.8, 4) is 5.88 Å². The van der Waals surface area contributed by atoms with E-state index in [-0.39, 0.29) is 0 Å². The Morgan fingerprint density at radius 1 is 0.833 bits per heavy atom. The molecule has 5 heteroatoms. The highest BCUT2D eigenvalue weighted by Crippen LogP contribution is 2.13. The van der Waals surface area contributed by atoms with E-state index in [2.05, 4.69) is 10.2 Å². The van der Waals surface area contributed by atoms with Gasteiger partial charge in [-0.25, -0.2) is 8.78 Å². The van der Waals surface area contributed by atoms with E-state index in [1.165, 1.54) is 12.1 Å². The largest absolute Gasteiger partial charge is 0.472 e. The van der Waals surface area contributed by atoms with E-state index in [0.29, 0.717) is 23.7 Å². The van der Waals surface area contributed by atoms with Crippen LogP contribution in [0.1, 0.15) is 16.8 Å². The molecular formula is C19H14F2N2O. The molecule has 0 aliphatic heterocycles. The summed E-state index contributed by atoms with van der Waals surface area (Å²) >= 11 is 0. The van der Waals surface area contributed by atoms with Gasteiger partial charge in [-0.2, -0.15) is 0 Å². The summed E-state index contributed by atoms with van der Waals surface area (Å²) in [5.74, 6) is -0.830. The fraction of sp³-hybridized carbons (Fsp3) is 0.0526. The monoisotopic (exact) mass is 324 g/mol. The maximum Gasteiger partial charge on any atom is 0.233 e. The summed E-state index contributed by atoms with van der Waals surface area (Å²) in [6.07, 6.45) is 3.20. The second kappa shape index (κ2) is 7.46. The molecule has 0 amide bonds. The molecule has 24 heavy (non-hydrogen) atoms. The highest BCUT2D eigenvalue weighted by Gasteiger charge is 2.00. The van der Waals surface area contributed by atoms with Crippen LogP contribution in [0.3, 0.4) is 0 Å². The van der Waals surface area contributed by atoms with Crippen LogP contribution in [0, 0.1) is 11.6 Å². The minimum atomic E-state index is -0.620. The van der Waals surface area contributed by atoms with E-state index in [1.807, 2.05) is 30.3 Å². The Bertz CT molecular complexity index is 813. The molecular weight excluding hydrogens is 310 g/mol. The normalized spacial score (nSPS) is 10.9. The van der Waals surface area contributed by atoms with Gasteiger partial charge < -0.3 is 4.74 Å². The van der Waals surface area contributed by atoms with Gasteiger partial charge in [0.1, 0.15) is 18.2 Å². The van der Waals surface area contributed by atoms with E-state index in [0.717, 1.165) is 11.6 Å². The van der Waals surface area contributed by atoms with Crippen molar-refractivity contribution in [3.05, 3.63) is 89.1 Å². The number of rotatable bonds is 5. The SMILES string of the molecule is Fc1cc(F)cc(C=Cc2ccc(OCc3ccccc3)nn2)c1. The zero-order valence-electron chi connectivity index (χ0n) is 12.7. The van der Waals surface area contributed by atoms with Crippen LogP contribution in [0.4, 0.5) is 8.78 Å². The molecule has 120 valence electrons. The number of nitrogens with zero attached hydrogens (tertiary/aromatic N) is 2. The molecule has 1 aromatic heterocycles. The number of ether oxygens (including phenoxy) is 1. The first-order chi connectivity index (χ1) is 11.7. The van der Waals surface area contributed by atoms with Gasteiger partial charge in [0.05, 0.1) is 5.69 Å². The average Bonchev–Trinajstić information content (AvgIpc) is 2.59. The van der Waals surface area contributed by atoms with Gasteiger partial charge in [-0.3, -0.25) is 0 Å². The molecule has 1 heterocycles. The smallest absolute Gasteiger partial charge is 0.233 e. The molecule has 0 aliphatic rings. The molecule has 0 bridgehead atoms. The Hall–Kier alpha value is -3.08. The summed E-state index contributed by atoms with van der Waals surface area (Å²) in [6, 6.07) is 16.5. The molecule has 0 saturated carbocycles. The van der Waals surface area contributed by atoms with Crippen molar-refractivity contribution in [3.63, 3.8) is 0 Å². The van der Waals surface area contributed by atoms with E-state index in [1.54, 1.807) is 24.3 Å². The van der Waals surface area contributed by atoms with Crippen LogP contribution >= 0.6 is 0 Å². The third-order valence-corrected chi connectivity index (χ3v) is 3.22. The van der Waals surface area contributed by atoms with Crippen LogP contribution in [0.25, 0.3) is 12.2 Å². The van der Waals surface area contributed by atoms with E-state index < -0.39 is 11.6 Å². The summed E-state index contributed by atoms with van der Waals surface area (Å²) in [5, 5.41) is 7.97. The maximum atomic E-state index is 13.1. The summed E-state index contributed by atoms with van der Waals surface area (Å²) in [5.41, 5.74) is 2.02. The second-order valence-corrected chi connectivity index (χ2v) is 5.11. The molecule has 0 saturated heterocycles. The van der Waals surface area contributed by atoms with Gasteiger partial charge in [0, 0.05) is 12.1 Å². The number of aromatic nitrogens is 2. The quantitative estimate of drug-likeness (QED) is 0.693. The molecule has 0 spiro atoms. The first-order valence-corrected chi connectivity index (χ1v) is 7.34. The zero-order valence-corrected chi connectivity index (χ0v) is 12.7. The standard InChI is InChI=1S/C19H14F2N2O/c20-16-10-15(11-17(21)12-16)6-7-18-8-9-19(23-22-18)24-13-14-4-2-1-3-5-14/h1-12H,13H2. The van der Waals surface area contributed by atoms with Crippen LogP contribution in [-0.4, -0.2) is 10.2 Å². The van der Waals surface area contributed by atoms with Gasteiger partial charge in [-0.05, 0) is 35.4 Å². The minimum absolute atomic E-state index is 0.410. The van der Waals surface area contributed by atoms with Crippen molar-refractivity contribution >= 4 is 12.2 Å². The van der Waals surface area contributed by atoms with Crippen LogP contribution in [-0.2, 0) is 6.61 Å². The van der Waals surface area contributed by atoms with Crippen molar-refractivity contribution in [2.24, 2.45) is 0 Å². The van der Waals surface area contributed by atoms with Crippen molar-refractivity contribution in [1.82, 2.24) is 10.2 Å². The summed E-state index contributed by atoms with van der Waals surface area (Å²) < 4.78 is 31.8. The Balaban J connectivity index is 1.62. The van der Waals surface area contributed by atoms with Gasteiger partial charge >= 0.3 is 0 Å². The lowest BCUT2D eigenvalue weighted by Gasteiger charge is -2.04. The van der Waals surface area contributed by atoms with Gasteiger partial charge in [-0.1, -0.05) is 36.4 Å². The minimum Gasteiger partial charge on any atom is -0.472 e. The van der Waals surface area contributed by atoms with Crippen LogP contribution in [0.15, 0.2) is 60.7 Å². The maximum absolute atomic E-state index is 13.1. The summed E-state index contributed by atoms with van der Waals surface area (Å²) in [7, 11) is 0. The van der Waals surface area contributed by atoms with Gasteiger partial charge in [0.25, 0.3) is 0 Å². The van der Waals surface area contributed by atoms with Crippen LogP contribution in [0.5, 0.6) is 5.88 Å². The number of halogens is 2. The predicted molar refractivity (Wildman–Crippen MR) is 88.1 cm³/mol. The van der Waals surface area contributed by atoms with Gasteiger partial charge in [-0.15, -0.1) is 10.2 Å². The Morgan fingerprint density at radius 2 is 1.58 bits per heavy atom. The molecule has 0 radical (unpaired) electrons. The molecule has 3 aromatic rings. The Labute approximate surface area is 138 Å². The van der Waals surface area contributed by atoms with Gasteiger partial charge in [0.15, 0.2) is 0 Å². The lowest BCUT2D eigenvalue weighted by molar-refractivity contribution is 0.290. The van der Waals surface area contributed by atoms with Crippen LogP contribution < -0.4 is 4.74 Å². The topological polar surface area (TPSA) is 35.0 Å². The molecule has 2 aromatic carbocycles. The molecule has 0 atom stereocenters. The second-order valence-electron chi connectivity index (χ2n) is 5.11. The van der Waals surface area contributed by atoms with Crippen molar-refractivity contribution in [1.29, 1.82) is 0 Å².